The molecule has 0 saturated heterocycles. The Kier molecular flexibility index (Phi) is 6.19. The van der Waals surface area contributed by atoms with Crippen molar-refractivity contribution in [3.63, 3.8) is 0 Å². The van der Waals surface area contributed by atoms with Crippen molar-refractivity contribution < 1.29 is 9.47 Å². The van der Waals surface area contributed by atoms with Gasteiger partial charge >= 0.3 is 0 Å². The molecule has 0 aromatic heterocycles. The monoisotopic (exact) mass is 278 g/mol. The summed E-state index contributed by atoms with van der Waals surface area (Å²) in [6.45, 7) is 0. The summed E-state index contributed by atoms with van der Waals surface area (Å²) in [5, 5.41) is 1.05. The number of rotatable bonds is 6. The van der Waals surface area contributed by atoms with Crippen LogP contribution in [0.25, 0.3) is 0 Å². The fraction of sp³-hybridized carbons (Fsp3) is 0.455. The minimum atomic E-state index is -0.449. The number of hydrogen-bond donors (Lipinski definition) is 2. The Morgan fingerprint density at radius 3 is 2.47 bits per heavy atom. The van der Waals surface area contributed by atoms with E-state index in [1.807, 2.05) is 12.1 Å². The van der Waals surface area contributed by atoms with Crippen LogP contribution in [-0.4, -0.2) is 26.6 Å². The molecule has 0 heterocycles. The lowest BCUT2D eigenvalue weighted by molar-refractivity contribution is -0.122. The van der Waals surface area contributed by atoms with Gasteiger partial charge in [-0.1, -0.05) is 35.3 Å². The second kappa shape index (κ2) is 7.16. The topological polar surface area (TPSA) is 56.5 Å². The van der Waals surface area contributed by atoms with Crippen molar-refractivity contribution in [2.75, 3.05) is 14.2 Å². The zero-order valence-electron chi connectivity index (χ0n) is 9.74. The van der Waals surface area contributed by atoms with Crippen LogP contribution in [-0.2, 0) is 15.9 Å². The molecule has 1 aromatic rings. The van der Waals surface area contributed by atoms with E-state index in [0.717, 1.165) is 5.56 Å². The Balaban J connectivity index is 2.83. The average molecular weight is 279 g/mol. The quantitative estimate of drug-likeness (QED) is 0.475. The van der Waals surface area contributed by atoms with Crippen LogP contribution in [0.15, 0.2) is 18.2 Å². The van der Waals surface area contributed by atoms with E-state index in [1.54, 1.807) is 20.3 Å². The summed E-state index contributed by atoms with van der Waals surface area (Å²) in [6, 6.07) is 5.26. The van der Waals surface area contributed by atoms with Crippen LogP contribution >= 0.6 is 23.2 Å². The minimum absolute atomic E-state index is 0.207. The molecule has 4 nitrogen and oxygen atoms in total. The van der Waals surface area contributed by atoms with Crippen molar-refractivity contribution in [1.29, 1.82) is 0 Å². The van der Waals surface area contributed by atoms with Crippen LogP contribution in [0, 0.1) is 0 Å². The number of hydrogen-bond acceptors (Lipinski definition) is 4. The van der Waals surface area contributed by atoms with Crippen molar-refractivity contribution in [1.82, 2.24) is 5.43 Å². The number of benzene rings is 1. The van der Waals surface area contributed by atoms with E-state index in [0.29, 0.717) is 16.5 Å². The molecule has 1 unspecified atom stereocenters. The van der Waals surface area contributed by atoms with Crippen LogP contribution < -0.4 is 11.3 Å². The van der Waals surface area contributed by atoms with Gasteiger partial charge in [-0.05, 0) is 18.1 Å². The van der Waals surface area contributed by atoms with E-state index in [-0.39, 0.29) is 6.04 Å². The SMILES string of the molecule is COC(OC)C(Cc1cccc(Cl)c1Cl)NN. The summed E-state index contributed by atoms with van der Waals surface area (Å²) in [4.78, 5) is 0. The molecule has 0 aliphatic rings. The highest BCUT2D eigenvalue weighted by molar-refractivity contribution is 6.42. The van der Waals surface area contributed by atoms with Gasteiger partial charge in [-0.3, -0.25) is 11.3 Å². The van der Waals surface area contributed by atoms with E-state index in [1.165, 1.54) is 0 Å². The van der Waals surface area contributed by atoms with E-state index in [2.05, 4.69) is 5.43 Å². The largest absolute Gasteiger partial charge is 0.354 e. The summed E-state index contributed by atoms with van der Waals surface area (Å²) in [5.74, 6) is 5.47. The maximum Gasteiger partial charge on any atom is 0.173 e. The zero-order chi connectivity index (χ0) is 12.8. The van der Waals surface area contributed by atoms with Gasteiger partial charge in [0.2, 0.25) is 0 Å². The van der Waals surface area contributed by atoms with E-state index < -0.39 is 6.29 Å². The lowest BCUT2D eigenvalue weighted by Gasteiger charge is -2.24. The highest BCUT2D eigenvalue weighted by Crippen LogP contribution is 2.26. The first kappa shape index (κ1) is 14.7. The van der Waals surface area contributed by atoms with Crippen LogP contribution in [0.2, 0.25) is 10.0 Å². The van der Waals surface area contributed by atoms with Crippen LogP contribution in [0.4, 0.5) is 0 Å². The third kappa shape index (κ3) is 3.81. The number of halogens is 2. The Hall–Kier alpha value is -0.360. The summed E-state index contributed by atoms with van der Waals surface area (Å²) in [5.41, 5.74) is 3.54. The van der Waals surface area contributed by atoms with Gasteiger partial charge in [0.05, 0.1) is 16.1 Å². The van der Waals surface area contributed by atoms with Crippen LogP contribution in [0.3, 0.4) is 0 Å². The molecule has 1 rings (SSSR count). The van der Waals surface area contributed by atoms with Gasteiger partial charge in [0.25, 0.3) is 0 Å². The normalized spacial score (nSPS) is 13.1. The predicted molar refractivity (Wildman–Crippen MR) is 69.1 cm³/mol. The van der Waals surface area contributed by atoms with Crippen molar-refractivity contribution >= 4 is 23.2 Å². The summed E-state index contributed by atoms with van der Waals surface area (Å²) >= 11 is 12.0. The summed E-state index contributed by atoms with van der Waals surface area (Å²) in [7, 11) is 3.11. The first-order valence-corrected chi connectivity index (χ1v) is 5.84. The molecule has 0 amide bonds. The van der Waals surface area contributed by atoms with Gasteiger partial charge in [-0.25, -0.2) is 0 Å². The second-order valence-corrected chi connectivity index (χ2v) is 4.32. The number of hydrazine groups is 1. The second-order valence-electron chi connectivity index (χ2n) is 3.53. The third-order valence-corrected chi connectivity index (χ3v) is 3.34. The number of nitrogens with two attached hydrogens (primary N) is 1. The molecule has 0 bridgehead atoms. The van der Waals surface area contributed by atoms with Gasteiger partial charge in [0, 0.05) is 14.2 Å². The van der Waals surface area contributed by atoms with Crippen molar-refractivity contribution in [2.45, 2.75) is 18.8 Å². The van der Waals surface area contributed by atoms with Gasteiger partial charge in [0.15, 0.2) is 6.29 Å². The molecule has 17 heavy (non-hydrogen) atoms. The Morgan fingerprint density at radius 2 is 1.94 bits per heavy atom. The highest BCUT2D eigenvalue weighted by Gasteiger charge is 2.21. The number of nitrogens with one attached hydrogen (secondary N) is 1. The first-order valence-electron chi connectivity index (χ1n) is 5.08. The third-order valence-electron chi connectivity index (χ3n) is 2.48. The lowest BCUT2D eigenvalue weighted by Crippen LogP contribution is -2.47. The molecule has 0 saturated carbocycles. The Labute approximate surface area is 111 Å². The fourth-order valence-electron chi connectivity index (χ4n) is 1.60. The standard InChI is InChI=1S/C11H16Cl2N2O2/c1-16-11(17-2)9(15-14)6-7-4-3-5-8(12)10(7)13/h3-5,9,11,15H,6,14H2,1-2H3. The molecule has 3 N–H and O–H groups in total. The number of methoxy groups -OCH3 is 2. The fourth-order valence-corrected chi connectivity index (χ4v) is 2.00. The zero-order valence-corrected chi connectivity index (χ0v) is 11.3. The van der Waals surface area contributed by atoms with Crippen LogP contribution in [0.1, 0.15) is 5.56 Å². The maximum atomic E-state index is 6.10. The Bertz CT molecular complexity index is 359. The molecule has 0 radical (unpaired) electrons. The Morgan fingerprint density at radius 1 is 1.29 bits per heavy atom. The van der Waals surface area contributed by atoms with Crippen LogP contribution in [0.5, 0.6) is 0 Å². The summed E-state index contributed by atoms with van der Waals surface area (Å²) < 4.78 is 10.3. The molecular formula is C11H16Cl2N2O2. The average Bonchev–Trinajstić information content (AvgIpc) is 2.34. The molecule has 96 valence electrons. The maximum absolute atomic E-state index is 6.10. The van der Waals surface area contributed by atoms with E-state index >= 15 is 0 Å². The van der Waals surface area contributed by atoms with Crippen molar-refractivity contribution in [3.8, 4) is 0 Å². The summed E-state index contributed by atoms with van der Waals surface area (Å²) in [6.07, 6.45) is 0.109. The molecule has 1 aromatic carbocycles. The van der Waals surface area contributed by atoms with Gasteiger partial charge < -0.3 is 9.47 Å². The van der Waals surface area contributed by atoms with Gasteiger partial charge in [0.1, 0.15) is 0 Å². The molecule has 0 aliphatic heterocycles. The van der Waals surface area contributed by atoms with E-state index in [4.69, 9.17) is 38.5 Å². The van der Waals surface area contributed by atoms with Crippen molar-refractivity contribution in [3.05, 3.63) is 33.8 Å². The van der Waals surface area contributed by atoms with Crippen molar-refractivity contribution in [2.24, 2.45) is 5.84 Å². The molecule has 0 aliphatic carbocycles. The molecule has 1 atom stereocenters. The minimum Gasteiger partial charge on any atom is -0.354 e. The first-order chi connectivity index (χ1) is 8.13. The predicted octanol–water partition coefficient (Wildman–Crippen LogP) is 1.99. The number of ether oxygens (including phenoxy) is 2. The molecule has 0 fully saturated rings. The van der Waals surface area contributed by atoms with Gasteiger partial charge in [-0.2, -0.15) is 0 Å². The van der Waals surface area contributed by atoms with Gasteiger partial charge in [-0.15, -0.1) is 0 Å². The molecule has 6 heteroatoms. The van der Waals surface area contributed by atoms with E-state index in [9.17, 15) is 0 Å². The smallest absolute Gasteiger partial charge is 0.173 e. The lowest BCUT2D eigenvalue weighted by atomic mass is 10.1. The molecule has 0 spiro atoms. The molecular weight excluding hydrogens is 263 g/mol. The highest BCUT2D eigenvalue weighted by atomic mass is 35.5.